The van der Waals surface area contributed by atoms with Crippen molar-refractivity contribution >= 4 is 11.7 Å². The Morgan fingerprint density at radius 2 is 2.05 bits per heavy atom. The minimum atomic E-state index is -0.284. The lowest BCUT2D eigenvalue weighted by Gasteiger charge is -2.36. The molecule has 4 nitrogen and oxygen atoms in total. The first-order valence-corrected chi connectivity index (χ1v) is 7.79. The Morgan fingerprint density at radius 3 is 2.71 bits per heavy atom. The van der Waals surface area contributed by atoms with Gasteiger partial charge in [-0.1, -0.05) is 39.3 Å². The van der Waals surface area contributed by atoms with Crippen LogP contribution in [0, 0.1) is 17.8 Å². The van der Waals surface area contributed by atoms with Crippen LogP contribution in [-0.2, 0) is 4.74 Å². The molecule has 1 aromatic carbocycles. The molecule has 3 atom stereocenters. The topological polar surface area (TPSA) is 64.3 Å². The lowest BCUT2D eigenvalue weighted by Crippen LogP contribution is -2.36. The van der Waals surface area contributed by atoms with Crippen LogP contribution in [-0.4, -0.2) is 12.1 Å². The quantitative estimate of drug-likeness (QED) is 0.505. The SMILES string of the molecule is CC1CCC(C(C)C)C(OC(=O)c2ccccc2NN)C1. The molecular weight excluding hydrogens is 264 g/mol. The van der Waals surface area contributed by atoms with Crippen LogP contribution >= 0.6 is 0 Å². The predicted octanol–water partition coefficient (Wildman–Crippen LogP) is 3.59. The highest BCUT2D eigenvalue weighted by molar-refractivity contribution is 5.95. The summed E-state index contributed by atoms with van der Waals surface area (Å²) in [6.45, 7) is 6.64. The summed E-state index contributed by atoms with van der Waals surface area (Å²) in [7, 11) is 0. The van der Waals surface area contributed by atoms with E-state index in [0.29, 0.717) is 29.0 Å². The van der Waals surface area contributed by atoms with Crippen molar-refractivity contribution in [3.05, 3.63) is 29.8 Å². The number of carbonyl (C=O) groups excluding carboxylic acids is 1. The molecule has 0 aromatic heterocycles. The highest BCUT2D eigenvalue weighted by Gasteiger charge is 2.33. The number of nitrogens with one attached hydrogen (secondary N) is 1. The summed E-state index contributed by atoms with van der Waals surface area (Å²) in [6.07, 6.45) is 3.31. The van der Waals surface area contributed by atoms with Crippen molar-refractivity contribution in [2.75, 3.05) is 5.43 Å². The average molecular weight is 290 g/mol. The summed E-state index contributed by atoms with van der Waals surface area (Å²) < 4.78 is 5.83. The van der Waals surface area contributed by atoms with Gasteiger partial charge >= 0.3 is 5.97 Å². The van der Waals surface area contributed by atoms with Crippen molar-refractivity contribution in [1.82, 2.24) is 0 Å². The molecule has 3 unspecified atom stereocenters. The number of anilines is 1. The molecule has 1 aliphatic rings. The van der Waals surface area contributed by atoms with E-state index >= 15 is 0 Å². The number of hydrogen-bond donors (Lipinski definition) is 2. The zero-order valence-corrected chi connectivity index (χ0v) is 13.1. The van der Waals surface area contributed by atoms with Crippen LogP contribution in [0.1, 0.15) is 50.4 Å². The number of nitrogens with two attached hydrogens (primary N) is 1. The first-order valence-electron chi connectivity index (χ1n) is 7.79. The molecular formula is C17H26N2O2. The normalized spacial score (nSPS) is 25.7. The van der Waals surface area contributed by atoms with Gasteiger partial charge in [0.25, 0.3) is 0 Å². The van der Waals surface area contributed by atoms with E-state index in [2.05, 4.69) is 26.2 Å². The molecule has 21 heavy (non-hydrogen) atoms. The number of ether oxygens (including phenoxy) is 1. The van der Waals surface area contributed by atoms with Crippen LogP contribution in [0.15, 0.2) is 24.3 Å². The first kappa shape index (κ1) is 15.8. The highest BCUT2D eigenvalue weighted by Crippen LogP contribution is 2.36. The Kier molecular flexibility index (Phi) is 5.23. The zero-order valence-electron chi connectivity index (χ0n) is 13.1. The molecule has 1 saturated carbocycles. The third-order valence-electron chi connectivity index (χ3n) is 4.52. The van der Waals surface area contributed by atoms with Gasteiger partial charge in [0, 0.05) is 0 Å². The highest BCUT2D eigenvalue weighted by atomic mass is 16.5. The molecule has 116 valence electrons. The number of hydrogen-bond acceptors (Lipinski definition) is 4. The summed E-state index contributed by atoms with van der Waals surface area (Å²) >= 11 is 0. The van der Waals surface area contributed by atoms with E-state index < -0.39 is 0 Å². The zero-order chi connectivity index (χ0) is 15.4. The van der Waals surface area contributed by atoms with Gasteiger partial charge in [0.05, 0.1) is 11.3 Å². The second-order valence-corrected chi connectivity index (χ2v) is 6.46. The van der Waals surface area contributed by atoms with E-state index in [4.69, 9.17) is 10.6 Å². The van der Waals surface area contributed by atoms with Crippen LogP contribution in [0.5, 0.6) is 0 Å². The molecule has 0 heterocycles. The van der Waals surface area contributed by atoms with Crippen molar-refractivity contribution in [3.63, 3.8) is 0 Å². The summed E-state index contributed by atoms with van der Waals surface area (Å²) in [5.41, 5.74) is 3.66. The number of benzene rings is 1. The molecule has 1 fully saturated rings. The van der Waals surface area contributed by atoms with Crippen molar-refractivity contribution < 1.29 is 9.53 Å². The van der Waals surface area contributed by atoms with Gasteiger partial charge in [-0.3, -0.25) is 5.84 Å². The van der Waals surface area contributed by atoms with Crippen molar-refractivity contribution in [2.24, 2.45) is 23.6 Å². The van der Waals surface area contributed by atoms with Crippen molar-refractivity contribution in [2.45, 2.75) is 46.1 Å². The Labute approximate surface area is 127 Å². The molecule has 0 saturated heterocycles. The van der Waals surface area contributed by atoms with Gasteiger partial charge in [-0.2, -0.15) is 0 Å². The van der Waals surface area contributed by atoms with Crippen LogP contribution in [0.25, 0.3) is 0 Å². The molecule has 4 heteroatoms. The third kappa shape index (κ3) is 3.76. The minimum Gasteiger partial charge on any atom is -0.458 e. The second-order valence-electron chi connectivity index (χ2n) is 6.46. The summed E-state index contributed by atoms with van der Waals surface area (Å²) in [5.74, 6) is 6.76. The standard InChI is InChI=1S/C17H26N2O2/c1-11(2)13-9-8-12(3)10-16(13)21-17(20)14-6-4-5-7-15(14)19-18/h4-7,11-13,16,19H,8-10,18H2,1-3H3. The van der Waals surface area contributed by atoms with Crippen LogP contribution in [0.3, 0.4) is 0 Å². The Morgan fingerprint density at radius 1 is 1.33 bits per heavy atom. The number of nitrogen functional groups attached to an aromatic ring is 1. The molecule has 0 amide bonds. The van der Waals surface area contributed by atoms with E-state index in [0.717, 1.165) is 12.8 Å². The molecule has 0 radical (unpaired) electrons. The van der Waals surface area contributed by atoms with Crippen molar-refractivity contribution in [3.8, 4) is 0 Å². The maximum absolute atomic E-state index is 12.4. The monoisotopic (exact) mass is 290 g/mol. The number of carbonyl (C=O) groups is 1. The first-order chi connectivity index (χ1) is 10.0. The van der Waals surface area contributed by atoms with E-state index in [9.17, 15) is 4.79 Å². The summed E-state index contributed by atoms with van der Waals surface area (Å²) in [5, 5.41) is 0. The van der Waals surface area contributed by atoms with Gasteiger partial charge in [0.2, 0.25) is 0 Å². The van der Waals surface area contributed by atoms with E-state index in [1.54, 1.807) is 12.1 Å². The lowest BCUT2D eigenvalue weighted by atomic mass is 9.75. The number of esters is 1. The molecule has 3 N–H and O–H groups in total. The molecule has 2 rings (SSSR count). The third-order valence-corrected chi connectivity index (χ3v) is 4.52. The fraction of sp³-hybridized carbons (Fsp3) is 0.588. The lowest BCUT2D eigenvalue weighted by molar-refractivity contribution is -0.0173. The fourth-order valence-corrected chi connectivity index (χ4v) is 3.24. The maximum atomic E-state index is 12.4. The van der Waals surface area contributed by atoms with E-state index in [1.807, 2.05) is 12.1 Å². The van der Waals surface area contributed by atoms with Crippen LogP contribution in [0.2, 0.25) is 0 Å². The van der Waals surface area contributed by atoms with E-state index in [1.165, 1.54) is 6.42 Å². The van der Waals surface area contributed by atoms with Crippen LogP contribution in [0.4, 0.5) is 5.69 Å². The molecule has 0 aliphatic heterocycles. The fourth-order valence-electron chi connectivity index (χ4n) is 3.24. The number of rotatable bonds is 4. The molecule has 0 bridgehead atoms. The van der Waals surface area contributed by atoms with Crippen LogP contribution < -0.4 is 11.3 Å². The Hall–Kier alpha value is -1.55. The summed E-state index contributed by atoms with van der Waals surface area (Å²) in [6, 6.07) is 7.18. The minimum absolute atomic E-state index is 0.00656. The predicted molar refractivity (Wildman–Crippen MR) is 84.8 cm³/mol. The Bertz CT molecular complexity index is 487. The Balaban J connectivity index is 2.12. The van der Waals surface area contributed by atoms with Gasteiger partial charge in [0.15, 0.2) is 0 Å². The smallest absolute Gasteiger partial charge is 0.340 e. The van der Waals surface area contributed by atoms with Gasteiger partial charge < -0.3 is 10.2 Å². The van der Waals surface area contributed by atoms with E-state index in [-0.39, 0.29) is 12.1 Å². The van der Waals surface area contributed by atoms with Gasteiger partial charge in [-0.15, -0.1) is 0 Å². The number of para-hydroxylation sites is 1. The second kappa shape index (κ2) is 6.94. The van der Waals surface area contributed by atoms with Gasteiger partial charge in [-0.25, -0.2) is 4.79 Å². The number of hydrazine groups is 1. The summed E-state index contributed by atoms with van der Waals surface area (Å²) in [4.78, 5) is 12.4. The van der Waals surface area contributed by atoms with Gasteiger partial charge in [0.1, 0.15) is 6.10 Å². The largest absolute Gasteiger partial charge is 0.458 e. The average Bonchev–Trinajstić information content (AvgIpc) is 2.46. The molecule has 1 aromatic rings. The van der Waals surface area contributed by atoms with Crippen molar-refractivity contribution in [1.29, 1.82) is 0 Å². The van der Waals surface area contributed by atoms with Gasteiger partial charge in [-0.05, 0) is 42.7 Å². The molecule has 0 spiro atoms. The maximum Gasteiger partial charge on any atom is 0.340 e. The molecule has 1 aliphatic carbocycles.